The Morgan fingerprint density at radius 1 is 0.940 bits per heavy atom. The van der Waals surface area contributed by atoms with Crippen LogP contribution in [-0.2, 0) is 30.5 Å². The van der Waals surface area contributed by atoms with Gasteiger partial charge in [-0.05, 0) is 43.3 Å². The molecule has 0 spiro atoms. The van der Waals surface area contributed by atoms with E-state index in [9.17, 15) is 55.0 Å². The number of amidine groups is 1. The van der Waals surface area contributed by atoms with Crippen molar-refractivity contribution in [1.29, 1.82) is 5.41 Å². The average Bonchev–Trinajstić information content (AvgIpc) is 3.41. The fourth-order valence-corrected chi connectivity index (χ4v) is 4.41. The Morgan fingerprint density at radius 3 is 1.82 bits per heavy atom. The number of hydrogen-bond acceptors (Lipinski definition) is 10. The van der Waals surface area contributed by atoms with Crippen LogP contribution in [0.2, 0.25) is 0 Å². The summed E-state index contributed by atoms with van der Waals surface area (Å²) >= 11 is 1.07. The van der Waals surface area contributed by atoms with Crippen LogP contribution in [0, 0.1) is 17.1 Å². The molecule has 50 heavy (non-hydrogen) atoms. The molecule has 1 aromatic carbocycles. The molecule has 0 aliphatic carbocycles. The lowest BCUT2D eigenvalue weighted by Gasteiger charge is -2.30. The number of carbonyl (C=O) groups excluding carboxylic acids is 2. The third-order valence-corrected chi connectivity index (χ3v) is 6.62. The molecule has 0 radical (unpaired) electrons. The number of nitrogens with two attached hydrogens (primary N) is 1. The third kappa shape index (κ3) is 15.7. The fraction of sp³-hybridized carbons (Fsp3) is 0.370. The number of hydrogen-bond donors (Lipinski definition) is 7. The molecule has 23 heteroatoms. The van der Waals surface area contributed by atoms with Crippen LogP contribution < -0.4 is 15.8 Å². The summed E-state index contributed by atoms with van der Waals surface area (Å²) in [5.41, 5.74) is 5.46. The lowest BCUT2D eigenvalue weighted by Crippen LogP contribution is -2.53. The Morgan fingerprint density at radius 2 is 1.44 bits per heavy atom. The summed E-state index contributed by atoms with van der Waals surface area (Å²) in [6, 6.07) is 4.33. The van der Waals surface area contributed by atoms with Crippen molar-refractivity contribution in [2.75, 3.05) is 7.05 Å². The van der Waals surface area contributed by atoms with Gasteiger partial charge in [0.15, 0.2) is 11.6 Å². The highest BCUT2D eigenvalue weighted by Gasteiger charge is 2.39. The normalized spacial score (nSPS) is 12.3. The van der Waals surface area contributed by atoms with Gasteiger partial charge in [-0.25, -0.2) is 23.6 Å². The molecule has 278 valence electrons. The molecule has 1 unspecified atom stereocenters. The third-order valence-electron chi connectivity index (χ3n) is 5.57. The SMILES string of the molecule is CC(C)C(C(=O)N[C@@H](CC(=O)O)C(=O)O)N(C)Cc1ccc(C(=O)Oc2ccc(C(=N)N)cc2F)s1.O=C(O)C(F)(F)F.O=C(O)C(F)(F)F. The first kappa shape index (κ1) is 44.7. The van der Waals surface area contributed by atoms with Crippen molar-refractivity contribution in [2.45, 2.75) is 51.2 Å². The molecule has 0 aliphatic heterocycles. The summed E-state index contributed by atoms with van der Waals surface area (Å²) in [6.45, 7) is 3.74. The van der Waals surface area contributed by atoms with Crippen LogP contribution in [0.1, 0.15) is 40.4 Å². The van der Waals surface area contributed by atoms with Crippen LogP contribution in [-0.4, -0.2) is 98.4 Å². The quantitative estimate of drug-likeness (QED) is 0.0542. The van der Waals surface area contributed by atoms with Gasteiger partial charge in [-0.15, -0.1) is 11.3 Å². The van der Waals surface area contributed by atoms with Gasteiger partial charge in [0.1, 0.15) is 16.8 Å². The first-order valence-electron chi connectivity index (χ1n) is 13.2. The Hall–Kier alpha value is -5.32. The molecule has 2 atom stereocenters. The smallest absolute Gasteiger partial charge is 0.481 e. The predicted molar refractivity (Wildman–Crippen MR) is 156 cm³/mol. The van der Waals surface area contributed by atoms with E-state index in [-0.39, 0.29) is 34.5 Å². The number of benzene rings is 1. The second-order valence-corrected chi connectivity index (χ2v) is 11.1. The van der Waals surface area contributed by atoms with E-state index in [4.69, 9.17) is 40.8 Å². The highest BCUT2D eigenvalue weighted by atomic mass is 32.1. The zero-order valence-corrected chi connectivity index (χ0v) is 26.6. The van der Waals surface area contributed by atoms with Crippen molar-refractivity contribution in [3.05, 3.63) is 51.5 Å². The van der Waals surface area contributed by atoms with Gasteiger partial charge in [-0.2, -0.15) is 26.3 Å². The lowest BCUT2D eigenvalue weighted by atomic mass is 10.0. The van der Waals surface area contributed by atoms with E-state index in [1.165, 1.54) is 18.2 Å². The number of aliphatic carboxylic acids is 4. The number of halogens is 7. The molecule has 0 saturated heterocycles. The molecule has 1 heterocycles. The van der Waals surface area contributed by atoms with Crippen molar-refractivity contribution >= 4 is 52.9 Å². The van der Waals surface area contributed by atoms with Gasteiger partial charge in [0, 0.05) is 17.0 Å². The number of thiophene rings is 1. The van der Waals surface area contributed by atoms with Gasteiger partial charge in [-0.3, -0.25) is 19.9 Å². The summed E-state index contributed by atoms with van der Waals surface area (Å²) < 4.78 is 82.8. The van der Waals surface area contributed by atoms with Crippen molar-refractivity contribution in [2.24, 2.45) is 11.7 Å². The number of carboxylic acids is 4. The summed E-state index contributed by atoms with van der Waals surface area (Å²) in [6.07, 6.45) is -10.9. The Balaban J connectivity index is 0.00000143. The van der Waals surface area contributed by atoms with Crippen LogP contribution in [0.4, 0.5) is 30.7 Å². The number of likely N-dealkylation sites (N-methyl/N-ethyl adjacent to an activating group) is 1. The number of carboxylic acid groups (broad SMARTS) is 4. The standard InChI is InChI=1S/C23H27FN4O7S.2C2HF3O2/c1-11(2)19(21(31)27-15(22(32)33)9-18(29)30)28(3)10-13-5-7-17(36-13)23(34)35-16-6-4-12(20(25)26)8-14(16)24;2*3-2(4,5)1(6)7/h4-8,11,15,19H,9-10H2,1-3H3,(H3,25,26)(H,27,31)(H,29,30)(H,32,33);2*(H,6,7)/t15-,19?;;/m0../s1. The van der Waals surface area contributed by atoms with Crippen molar-refractivity contribution < 1.29 is 84.7 Å². The minimum atomic E-state index is -5.08. The van der Waals surface area contributed by atoms with Crippen LogP contribution >= 0.6 is 11.3 Å². The van der Waals surface area contributed by atoms with Gasteiger partial charge in [0.2, 0.25) is 5.91 Å². The second kappa shape index (κ2) is 19.0. The summed E-state index contributed by atoms with van der Waals surface area (Å²) in [5, 5.41) is 41.9. The van der Waals surface area contributed by atoms with E-state index < -0.39 is 72.4 Å². The van der Waals surface area contributed by atoms with E-state index in [1.807, 2.05) is 0 Å². The van der Waals surface area contributed by atoms with Crippen molar-refractivity contribution in [3.63, 3.8) is 0 Å². The first-order chi connectivity index (χ1) is 22.7. The number of esters is 1. The topological polar surface area (TPSA) is 258 Å². The maximum absolute atomic E-state index is 14.2. The average molecular weight is 751 g/mol. The van der Waals surface area contributed by atoms with Crippen molar-refractivity contribution in [1.82, 2.24) is 10.2 Å². The number of rotatable bonds is 12. The second-order valence-electron chi connectivity index (χ2n) is 9.92. The van der Waals surface area contributed by atoms with E-state index in [0.717, 1.165) is 17.4 Å². The van der Waals surface area contributed by atoms with Crippen LogP contribution in [0.15, 0.2) is 30.3 Å². The van der Waals surface area contributed by atoms with Crippen LogP contribution in [0.3, 0.4) is 0 Å². The van der Waals surface area contributed by atoms with Gasteiger partial charge in [0.05, 0.1) is 12.5 Å². The first-order valence-corrected chi connectivity index (χ1v) is 14.0. The monoisotopic (exact) mass is 750 g/mol. The number of amides is 1. The number of nitrogen functional groups attached to an aromatic ring is 1. The van der Waals surface area contributed by atoms with Gasteiger partial charge < -0.3 is 36.2 Å². The molecule has 15 nitrogen and oxygen atoms in total. The highest BCUT2D eigenvalue weighted by molar-refractivity contribution is 7.13. The number of ether oxygens (including phenoxy) is 1. The maximum Gasteiger partial charge on any atom is 0.490 e. The van der Waals surface area contributed by atoms with E-state index in [1.54, 1.807) is 31.9 Å². The molecule has 1 amide bonds. The zero-order valence-electron chi connectivity index (χ0n) is 25.8. The number of nitrogens with one attached hydrogen (secondary N) is 2. The minimum Gasteiger partial charge on any atom is -0.481 e. The minimum absolute atomic E-state index is 0.148. The summed E-state index contributed by atoms with van der Waals surface area (Å²) in [5.74, 6) is -11.5. The van der Waals surface area contributed by atoms with E-state index >= 15 is 0 Å². The summed E-state index contributed by atoms with van der Waals surface area (Å²) in [7, 11) is 1.64. The molecule has 0 fully saturated rings. The van der Waals surface area contributed by atoms with Crippen LogP contribution in [0.5, 0.6) is 5.75 Å². The Kier molecular flexibility index (Phi) is 17.0. The van der Waals surface area contributed by atoms with Gasteiger partial charge in [0.25, 0.3) is 0 Å². The Labute approximate surface area is 280 Å². The van der Waals surface area contributed by atoms with Crippen LogP contribution in [0.25, 0.3) is 0 Å². The van der Waals surface area contributed by atoms with Gasteiger partial charge in [-0.1, -0.05) is 13.8 Å². The van der Waals surface area contributed by atoms with Gasteiger partial charge >= 0.3 is 42.2 Å². The molecule has 2 rings (SSSR count). The molecule has 2 aromatic rings. The lowest BCUT2D eigenvalue weighted by molar-refractivity contribution is -0.193. The predicted octanol–water partition coefficient (Wildman–Crippen LogP) is 3.16. The largest absolute Gasteiger partial charge is 0.490 e. The number of nitrogens with zero attached hydrogens (tertiary/aromatic N) is 1. The fourth-order valence-electron chi connectivity index (χ4n) is 3.46. The zero-order chi connectivity index (χ0) is 39.3. The number of carbonyl (C=O) groups is 6. The maximum atomic E-state index is 14.2. The molecular formula is C27H29F7N4O11S. The highest BCUT2D eigenvalue weighted by Crippen LogP contribution is 2.24. The summed E-state index contributed by atoms with van der Waals surface area (Å²) in [4.78, 5) is 67.8. The molecule has 0 aliphatic rings. The van der Waals surface area contributed by atoms with Crippen molar-refractivity contribution in [3.8, 4) is 5.75 Å². The Bertz CT molecular complexity index is 1540. The molecule has 1 aromatic heterocycles. The molecule has 0 saturated carbocycles. The number of alkyl halides is 6. The van der Waals surface area contributed by atoms with E-state index in [0.29, 0.717) is 4.88 Å². The van der Waals surface area contributed by atoms with E-state index in [2.05, 4.69) is 5.32 Å². The molecule has 8 N–H and O–H groups in total. The molecule has 0 bridgehead atoms. The molecular weight excluding hydrogens is 721 g/mol.